The van der Waals surface area contributed by atoms with Gasteiger partial charge in [0.2, 0.25) is 0 Å². The van der Waals surface area contributed by atoms with Gasteiger partial charge in [0, 0.05) is 18.6 Å². The van der Waals surface area contributed by atoms with Gasteiger partial charge >= 0.3 is 0 Å². The molecule has 2 rings (SSSR count). The summed E-state index contributed by atoms with van der Waals surface area (Å²) in [5, 5.41) is 0. The molecule has 1 heterocycles. The van der Waals surface area contributed by atoms with Gasteiger partial charge in [-0.2, -0.15) is 0 Å². The van der Waals surface area contributed by atoms with E-state index in [4.69, 9.17) is 0 Å². The van der Waals surface area contributed by atoms with E-state index in [9.17, 15) is 4.39 Å². The fraction of sp³-hybridized carbons (Fsp3) is 0.857. The van der Waals surface area contributed by atoms with Gasteiger partial charge in [-0.25, -0.2) is 4.39 Å². The van der Waals surface area contributed by atoms with E-state index < -0.39 is 0 Å². The third-order valence-electron chi connectivity index (χ3n) is 3.92. The second kappa shape index (κ2) is 4.48. The second-order valence-corrected chi connectivity index (χ2v) is 6.37. The van der Waals surface area contributed by atoms with Gasteiger partial charge in [-0.3, -0.25) is 4.90 Å². The minimum absolute atomic E-state index is 0.205. The molecule has 0 aromatic rings. The van der Waals surface area contributed by atoms with Crippen molar-refractivity contribution in [3.63, 3.8) is 0 Å². The molecule has 0 radical (unpaired) electrons. The van der Waals surface area contributed by atoms with Crippen LogP contribution in [-0.2, 0) is 0 Å². The molecule has 2 unspecified atom stereocenters. The molecule has 1 aliphatic heterocycles. The third-order valence-corrected chi connectivity index (χ3v) is 3.92. The normalized spacial score (nSPS) is 35.4. The first kappa shape index (κ1) is 12.1. The van der Waals surface area contributed by atoms with Crippen LogP contribution < -0.4 is 0 Å². The van der Waals surface area contributed by atoms with Crippen LogP contribution in [0.4, 0.5) is 4.39 Å². The first-order valence-corrected chi connectivity index (χ1v) is 6.52. The van der Waals surface area contributed by atoms with Crippen LogP contribution in [0.25, 0.3) is 0 Å². The van der Waals surface area contributed by atoms with Gasteiger partial charge in [-0.1, -0.05) is 32.9 Å². The SMILES string of the molecule is CC(C)(C)/C=C/C1[C@@H]2CCC(C2)N1CCF. The predicted molar refractivity (Wildman–Crippen MR) is 66.2 cm³/mol. The molecule has 2 bridgehead atoms. The molecule has 2 heteroatoms. The Morgan fingerprint density at radius 2 is 2.06 bits per heavy atom. The molecule has 0 aromatic carbocycles. The van der Waals surface area contributed by atoms with Gasteiger partial charge in [0.25, 0.3) is 0 Å². The maximum Gasteiger partial charge on any atom is 0.102 e. The Morgan fingerprint density at radius 3 is 2.69 bits per heavy atom. The maximum absolute atomic E-state index is 12.6. The van der Waals surface area contributed by atoms with Gasteiger partial charge in [0.1, 0.15) is 6.67 Å². The van der Waals surface area contributed by atoms with Crippen LogP contribution in [0.15, 0.2) is 12.2 Å². The summed E-state index contributed by atoms with van der Waals surface area (Å²) in [6, 6.07) is 1.17. The minimum Gasteiger partial charge on any atom is -0.291 e. The molecule has 0 aromatic heterocycles. The highest BCUT2D eigenvalue weighted by atomic mass is 19.1. The molecule has 3 atom stereocenters. The molecule has 1 aliphatic carbocycles. The summed E-state index contributed by atoms with van der Waals surface area (Å²) in [5.74, 6) is 0.787. The molecule has 0 amide bonds. The van der Waals surface area contributed by atoms with Crippen molar-refractivity contribution in [3.8, 4) is 0 Å². The minimum atomic E-state index is -0.205. The Labute approximate surface area is 98.7 Å². The van der Waals surface area contributed by atoms with E-state index in [1.807, 2.05) is 0 Å². The summed E-state index contributed by atoms with van der Waals surface area (Å²) in [7, 11) is 0. The predicted octanol–water partition coefficient (Wildman–Crippen LogP) is 3.41. The first-order chi connectivity index (χ1) is 7.51. The van der Waals surface area contributed by atoms with Crippen molar-refractivity contribution in [2.24, 2.45) is 11.3 Å². The second-order valence-electron chi connectivity index (χ2n) is 6.37. The van der Waals surface area contributed by atoms with Crippen molar-refractivity contribution < 1.29 is 4.39 Å². The summed E-state index contributed by atoms with van der Waals surface area (Å²) in [5.41, 5.74) is 0.239. The number of allylic oxidation sites excluding steroid dienone is 1. The average Bonchev–Trinajstić information content (AvgIpc) is 2.74. The highest BCUT2D eigenvalue weighted by Gasteiger charge is 2.44. The standard InChI is InChI=1S/C14H24FN/c1-14(2,3)7-6-13-11-4-5-12(10-11)16(13)9-8-15/h6-7,11-13H,4-5,8-10H2,1-3H3/b7-6+/t11-,12?,13?/m1/s1. The number of rotatable bonds is 3. The molecule has 16 heavy (non-hydrogen) atoms. The van der Waals surface area contributed by atoms with Crippen molar-refractivity contribution in [3.05, 3.63) is 12.2 Å². The molecule has 0 spiro atoms. The molecule has 1 saturated carbocycles. The Kier molecular flexibility index (Phi) is 3.39. The lowest BCUT2D eigenvalue weighted by Gasteiger charge is -2.33. The van der Waals surface area contributed by atoms with E-state index >= 15 is 0 Å². The molecular formula is C14H24FN. The van der Waals surface area contributed by atoms with Gasteiger partial charge in [0.15, 0.2) is 0 Å². The van der Waals surface area contributed by atoms with E-state index in [-0.39, 0.29) is 12.1 Å². The number of piperidine rings is 1. The monoisotopic (exact) mass is 225 g/mol. The molecule has 0 N–H and O–H groups in total. The quantitative estimate of drug-likeness (QED) is 0.665. The molecular weight excluding hydrogens is 201 g/mol. The Morgan fingerprint density at radius 1 is 1.31 bits per heavy atom. The first-order valence-electron chi connectivity index (χ1n) is 6.52. The number of likely N-dealkylation sites (tertiary alicyclic amines) is 1. The fourth-order valence-electron chi connectivity index (χ4n) is 3.20. The van der Waals surface area contributed by atoms with Gasteiger partial charge in [-0.15, -0.1) is 0 Å². The van der Waals surface area contributed by atoms with Crippen LogP contribution in [0, 0.1) is 11.3 Å². The van der Waals surface area contributed by atoms with Crippen LogP contribution >= 0.6 is 0 Å². The zero-order valence-corrected chi connectivity index (χ0v) is 10.7. The van der Waals surface area contributed by atoms with Gasteiger partial charge < -0.3 is 0 Å². The van der Waals surface area contributed by atoms with Crippen LogP contribution in [0.2, 0.25) is 0 Å². The molecule has 2 aliphatic rings. The summed E-state index contributed by atoms with van der Waals surface area (Å²) in [4.78, 5) is 2.39. The number of fused-ring (bicyclic) bond motifs is 2. The van der Waals surface area contributed by atoms with Crippen molar-refractivity contribution in [1.82, 2.24) is 4.90 Å². The number of halogens is 1. The summed E-state index contributed by atoms with van der Waals surface area (Å²) in [6.45, 7) is 7.08. The lowest BCUT2D eigenvalue weighted by atomic mass is 9.92. The van der Waals surface area contributed by atoms with Gasteiger partial charge in [-0.05, 0) is 30.6 Å². The number of alkyl halides is 1. The van der Waals surface area contributed by atoms with E-state index in [1.54, 1.807) is 0 Å². The van der Waals surface area contributed by atoms with Crippen molar-refractivity contribution >= 4 is 0 Å². The van der Waals surface area contributed by atoms with E-state index in [0.717, 1.165) is 5.92 Å². The largest absolute Gasteiger partial charge is 0.291 e. The average molecular weight is 225 g/mol. The Balaban J connectivity index is 2.04. The zero-order valence-electron chi connectivity index (χ0n) is 10.7. The lowest BCUT2D eigenvalue weighted by molar-refractivity contribution is 0.156. The summed E-state index contributed by atoms with van der Waals surface area (Å²) in [6.07, 6.45) is 8.54. The smallest absolute Gasteiger partial charge is 0.102 e. The Bertz CT molecular complexity index is 266. The number of hydrogen-bond acceptors (Lipinski definition) is 1. The van der Waals surface area contributed by atoms with Crippen molar-refractivity contribution in [2.75, 3.05) is 13.2 Å². The van der Waals surface area contributed by atoms with Crippen LogP contribution in [0.5, 0.6) is 0 Å². The molecule has 92 valence electrons. The van der Waals surface area contributed by atoms with Crippen molar-refractivity contribution in [1.29, 1.82) is 0 Å². The van der Waals surface area contributed by atoms with Crippen molar-refractivity contribution in [2.45, 2.75) is 52.1 Å². The third kappa shape index (κ3) is 2.48. The number of hydrogen-bond donors (Lipinski definition) is 0. The summed E-state index contributed by atoms with van der Waals surface area (Å²) < 4.78 is 12.6. The Hall–Kier alpha value is -0.370. The number of nitrogens with zero attached hydrogens (tertiary/aromatic N) is 1. The van der Waals surface area contributed by atoms with E-state index in [2.05, 4.69) is 37.8 Å². The maximum atomic E-state index is 12.6. The van der Waals surface area contributed by atoms with E-state index in [1.165, 1.54) is 19.3 Å². The lowest BCUT2D eigenvalue weighted by Crippen LogP contribution is -2.41. The molecule has 1 nitrogen and oxygen atoms in total. The fourth-order valence-corrected chi connectivity index (χ4v) is 3.20. The van der Waals surface area contributed by atoms with Crippen LogP contribution in [-0.4, -0.2) is 30.2 Å². The zero-order chi connectivity index (χ0) is 11.8. The van der Waals surface area contributed by atoms with Gasteiger partial charge in [0.05, 0.1) is 0 Å². The molecule has 2 fully saturated rings. The topological polar surface area (TPSA) is 3.24 Å². The highest BCUT2D eigenvalue weighted by Crippen LogP contribution is 2.43. The highest BCUT2D eigenvalue weighted by molar-refractivity contribution is 5.10. The van der Waals surface area contributed by atoms with Crippen LogP contribution in [0.1, 0.15) is 40.0 Å². The van der Waals surface area contributed by atoms with Crippen LogP contribution in [0.3, 0.4) is 0 Å². The summed E-state index contributed by atoms with van der Waals surface area (Å²) >= 11 is 0. The molecule has 1 saturated heterocycles. The van der Waals surface area contributed by atoms with E-state index in [0.29, 0.717) is 18.6 Å².